The zero-order valence-electron chi connectivity index (χ0n) is 12.5. The van der Waals surface area contributed by atoms with Crippen molar-refractivity contribution in [3.05, 3.63) is 27.7 Å². The van der Waals surface area contributed by atoms with Gasteiger partial charge in [0.1, 0.15) is 5.75 Å². The summed E-state index contributed by atoms with van der Waals surface area (Å²) in [6.45, 7) is 0.808. The molecule has 0 radical (unpaired) electrons. The number of benzene rings is 1. The molecule has 0 aromatic heterocycles. The number of hydrogen-bond donors (Lipinski definition) is 2. The van der Waals surface area contributed by atoms with E-state index in [9.17, 15) is 0 Å². The summed E-state index contributed by atoms with van der Waals surface area (Å²) in [7, 11) is 0. The van der Waals surface area contributed by atoms with E-state index in [0.717, 1.165) is 35.6 Å². The van der Waals surface area contributed by atoms with Gasteiger partial charge in [-0.05, 0) is 42.0 Å². The number of rotatable bonds is 5. The van der Waals surface area contributed by atoms with E-state index >= 15 is 0 Å². The van der Waals surface area contributed by atoms with Crippen LogP contribution >= 0.6 is 15.9 Å². The van der Waals surface area contributed by atoms with E-state index in [4.69, 9.17) is 10.6 Å². The van der Waals surface area contributed by atoms with Crippen LogP contribution in [0.2, 0.25) is 0 Å². The second kappa shape index (κ2) is 7.12. The molecule has 1 atom stereocenters. The highest BCUT2D eigenvalue weighted by Gasteiger charge is 2.22. The number of nitrogens with two attached hydrogens (primary N) is 1. The summed E-state index contributed by atoms with van der Waals surface area (Å²) in [4.78, 5) is 0. The fourth-order valence-corrected chi connectivity index (χ4v) is 4.35. The minimum Gasteiger partial charge on any atom is -0.493 e. The molecule has 1 aromatic carbocycles. The molecule has 3 nitrogen and oxygen atoms in total. The molecule has 1 aliphatic heterocycles. The molecule has 0 saturated heterocycles. The maximum absolute atomic E-state index is 5.83. The van der Waals surface area contributed by atoms with Crippen LogP contribution in [0.15, 0.2) is 16.6 Å². The Hall–Kier alpha value is -0.580. The maximum atomic E-state index is 5.83. The zero-order chi connectivity index (χ0) is 14.7. The van der Waals surface area contributed by atoms with Gasteiger partial charge in [-0.3, -0.25) is 11.3 Å². The molecule has 0 amide bonds. The van der Waals surface area contributed by atoms with Crippen LogP contribution in [0.1, 0.15) is 49.7 Å². The third-order valence-corrected chi connectivity index (χ3v) is 5.33. The van der Waals surface area contributed by atoms with Crippen LogP contribution < -0.4 is 16.0 Å². The van der Waals surface area contributed by atoms with Gasteiger partial charge in [0.25, 0.3) is 0 Å². The fourth-order valence-electron chi connectivity index (χ4n) is 3.80. The first-order chi connectivity index (χ1) is 10.3. The van der Waals surface area contributed by atoms with Crippen LogP contribution in [0.3, 0.4) is 0 Å². The van der Waals surface area contributed by atoms with Crippen molar-refractivity contribution in [1.29, 1.82) is 0 Å². The number of hydrazine groups is 1. The average molecular weight is 353 g/mol. The second-order valence-electron chi connectivity index (χ2n) is 6.46. The van der Waals surface area contributed by atoms with E-state index in [0.29, 0.717) is 6.04 Å². The first-order valence-electron chi connectivity index (χ1n) is 8.16. The highest BCUT2D eigenvalue weighted by atomic mass is 79.9. The molecule has 116 valence electrons. The van der Waals surface area contributed by atoms with Gasteiger partial charge in [0.15, 0.2) is 0 Å². The number of fused-ring (bicyclic) bond motifs is 1. The third kappa shape index (κ3) is 3.79. The minimum atomic E-state index is 0.343. The van der Waals surface area contributed by atoms with Gasteiger partial charge in [-0.2, -0.15) is 0 Å². The number of nitrogens with one attached hydrogen (secondary N) is 1. The predicted octanol–water partition coefficient (Wildman–Crippen LogP) is 3.73. The van der Waals surface area contributed by atoms with E-state index in [-0.39, 0.29) is 0 Å². The lowest BCUT2D eigenvalue weighted by Gasteiger charge is -2.26. The molecule has 1 aliphatic carbocycles. The molecular weight excluding hydrogens is 328 g/mol. The van der Waals surface area contributed by atoms with Crippen LogP contribution in [0.25, 0.3) is 0 Å². The van der Waals surface area contributed by atoms with Crippen LogP contribution in [0, 0.1) is 5.92 Å². The number of ether oxygens (including phenoxy) is 1. The van der Waals surface area contributed by atoms with E-state index in [1.807, 2.05) is 0 Å². The minimum absolute atomic E-state index is 0.343. The molecule has 1 saturated carbocycles. The summed E-state index contributed by atoms with van der Waals surface area (Å²) in [6, 6.07) is 4.71. The lowest BCUT2D eigenvalue weighted by molar-refractivity contribution is 0.295. The van der Waals surface area contributed by atoms with Crippen molar-refractivity contribution >= 4 is 15.9 Å². The first kappa shape index (κ1) is 15.3. The predicted molar refractivity (Wildman–Crippen MR) is 89.3 cm³/mol. The standard InChI is InChI=1S/C17H25BrN2O/c18-15-9-13-6-7-21-17(13)14(10-15)11-16(20-19)8-12-4-2-1-3-5-12/h9-10,12,16,20H,1-8,11,19H2. The van der Waals surface area contributed by atoms with Gasteiger partial charge in [-0.1, -0.05) is 48.0 Å². The Kier molecular flexibility index (Phi) is 5.19. The Labute approximate surface area is 135 Å². The van der Waals surface area contributed by atoms with Crippen LogP contribution in [-0.4, -0.2) is 12.6 Å². The smallest absolute Gasteiger partial charge is 0.125 e. The Morgan fingerprint density at radius 3 is 2.86 bits per heavy atom. The van der Waals surface area contributed by atoms with Crippen molar-refractivity contribution in [1.82, 2.24) is 5.43 Å². The van der Waals surface area contributed by atoms with Crippen LogP contribution in [0.4, 0.5) is 0 Å². The summed E-state index contributed by atoms with van der Waals surface area (Å²) in [6.07, 6.45) is 10.1. The van der Waals surface area contributed by atoms with Crippen LogP contribution in [-0.2, 0) is 12.8 Å². The summed E-state index contributed by atoms with van der Waals surface area (Å²) in [5.41, 5.74) is 5.65. The van der Waals surface area contributed by atoms with E-state index in [1.165, 1.54) is 49.7 Å². The second-order valence-corrected chi connectivity index (χ2v) is 7.37. The maximum Gasteiger partial charge on any atom is 0.125 e. The zero-order valence-corrected chi connectivity index (χ0v) is 14.1. The van der Waals surface area contributed by atoms with Gasteiger partial charge < -0.3 is 4.74 Å². The van der Waals surface area contributed by atoms with Crippen molar-refractivity contribution in [3.8, 4) is 5.75 Å². The SMILES string of the molecule is NNC(Cc1cc(Br)cc2c1OCC2)CC1CCCCC1. The van der Waals surface area contributed by atoms with E-state index < -0.39 is 0 Å². The largest absolute Gasteiger partial charge is 0.493 e. The summed E-state index contributed by atoms with van der Waals surface area (Å²) >= 11 is 3.62. The molecule has 1 heterocycles. The normalized spacial score (nSPS) is 20.1. The Morgan fingerprint density at radius 2 is 2.10 bits per heavy atom. The first-order valence-corrected chi connectivity index (χ1v) is 8.96. The van der Waals surface area contributed by atoms with Crippen LogP contribution in [0.5, 0.6) is 5.75 Å². The highest BCUT2D eigenvalue weighted by Crippen LogP contribution is 2.35. The summed E-state index contributed by atoms with van der Waals surface area (Å²) in [5.74, 6) is 7.75. The lowest BCUT2D eigenvalue weighted by Crippen LogP contribution is -2.38. The van der Waals surface area contributed by atoms with Gasteiger partial charge in [0.2, 0.25) is 0 Å². The monoisotopic (exact) mass is 352 g/mol. The van der Waals surface area contributed by atoms with Crippen molar-refractivity contribution in [2.45, 2.75) is 57.4 Å². The average Bonchev–Trinajstić information content (AvgIpc) is 2.96. The lowest BCUT2D eigenvalue weighted by atomic mass is 9.83. The molecule has 3 N–H and O–H groups in total. The Bertz CT molecular complexity index is 486. The molecule has 4 heteroatoms. The third-order valence-electron chi connectivity index (χ3n) is 4.87. The van der Waals surface area contributed by atoms with E-state index in [2.05, 4.69) is 33.5 Å². The fraction of sp³-hybridized carbons (Fsp3) is 0.647. The Balaban J connectivity index is 1.69. The molecule has 1 aromatic rings. The van der Waals surface area contributed by atoms with Crippen molar-refractivity contribution < 1.29 is 4.74 Å². The van der Waals surface area contributed by atoms with E-state index in [1.54, 1.807) is 0 Å². The van der Waals surface area contributed by atoms with Crippen molar-refractivity contribution in [3.63, 3.8) is 0 Å². The summed E-state index contributed by atoms with van der Waals surface area (Å²) < 4.78 is 6.98. The van der Waals surface area contributed by atoms with Gasteiger partial charge in [0, 0.05) is 16.9 Å². The van der Waals surface area contributed by atoms with Gasteiger partial charge in [-0.15, -0.1) is 0 Å². The molecule has 0 bridgehead atoms. The topological polar surface area (TPSA) is 47.3 Å². The summed E-state index contributed by atoms with van der Waals surface area (Å²) in [5, 5.41) is 0. The number of halogens is 1. The van der Waals surface area contributed by atoms with Crippen molar-refractivity contribution in [2.75, 3.05) is 6.61 Å². The molecule has 1 unspecified atom stereocenters. The number of hydrogen-bond acceptors (Lipinski definition) is 3. The molecule has 3 rings (SSSR count). The van der Waals surface area contributed by atoms with Gasteiger partial charge >= 0.3 is 0 Å². The molecule has 0 spiro atoms. The quantitative estimate of drug-likeness (QED) is 0.626. The van der Waals surface area contributed by atoms with Gasteiger partial charge in [-0.25, -0.2) is 0 Å². The Morgan fingerprint density at radius 1 is 1.29 bits per heavy atom. The molecular formula is C17H25BrN2O. The molecule has 21 heavy (non-hydrogen) atoms. The molecule has 1 fully saturated rings. The molecule has 2 aliphatic rings. The van der Waals surface area contributed by atoms with Gasteiger partial charge in [0.05, 0.1) is 6.61 Å². The highest BCUT2D eigenvalue weighted by molar-refractivity contribution is 9.10. The van der Waals surface area contributed by atoms with Crippen molar-refractivity contribution in [2.24, 2.45) is 11.8 Å².